The van der Waals surface area contributed by atoms with E-state index in [-0.39, 0.29) is 23.1 Å². The molecule has 2 rings (SSSR count). The van der Waals surface area contributed by atoms with E-state index in [1.807, 2.05) is 13.8 Å². The van der Waals surface area contributed by atoms with Crippen LogP contribution in [0.15, 0.2) is 27.5 Å². The zero-order valence-corrected chi connectivity index (χ0v) is 12.1. The van der Waals surface area contributed by atoms with Crippen LogP contribution in [0.5, 0.6) is 0 Å². The van der Waals surface area contributed by atoms with Crippen molar-refractivity contribution in [3.63, 3.8) is 0 Å². The summed E-state index contributed by atoms with van der Waals surface area (Å²) in [4.78, 5) is 18.7. The fraction of sp³-hybridized carbons (Fsp3) is 0.231. The van der Waals surface area contributed by atoms with Crippen molar-refractivity contribution < 1.29 is 4.39 Å². The van der Waals surface area contributed by atoms with Crippen LogP contribution in [0.2, 0.25) is 0 Å². The molecule has 0 amide bonds. The highest BCUT2D eigenvalue weighted by molar-refractivity contribution is 9.10. The van der Waals surface area contributed by atoms with Crippen LogP contribution in [0, 0.1) is 5.82 Å². The Bertz CT molecular complexity index is 662. The summed E-state index contributed by atoms with van der Waals surface area (Å²) in [6.45, 7) is 3.72. The fourth-order valence-electron chi connectivity index (χ4n) is 1.89. The van der Waals surface area contributed by atoms with Gasteiger partial charge in [-0.3, -0.25) is 4.79 Å². The van der Waals surface area contributed by atoms with Gasteiger partial charge in [0.25, 0.3) is 5.56 Å². The third kappa shape index (κ3) is 2.84. The van der Waals surface area contributed by atoms with Crippen LogP contribution in [0.1, 0.15) is 25.3 Å². The van der Waals surface area contributed by atoms with Crippen molar-refractivity contribution in [1.82, 2.24) is 9.97 Å². The Kier molecular flexibility index (Phi) is 3.71. The number of benzene rings is 1. The first-order valence-corrected chi connectivity index (χ1v) is 6.54. The van der Waals surface area contributed by atoms with Gasteiger partial charge in [0.05, 0.1) is 5.56 Å². The lowest BCUT2D eigenvalue weighted by molar-refractivity contribution is 0.627. The number of hydrogen-bond acceptors (Lipinski definition) is 3. The average molecular weight is 326 g/mol. The minimum Gasteiger partial charge on any atom is -0.383 e. The van der Waals surface area contributed by atoms with Gasteiger partial charge in [-0.2, -0.15) is 0 Å². The van der Waals surface area contributed by atoms with E-state index in [9.17, 15) is 9.18 Å². The molecule has 0 radical (unpaired) electrons. The van der Waals surface area contributed by atoms with Crippen LogP contribution >= 0.6 is 15.9 Å². The number of aromatic nitrogens is 2. The molecule has 6 heteroatoms. The van der Waals surface area contributed by atoms with Crippen molar-refractivity contribution in [2.45, 2.75) is 19.8 Å². The van der Waals surface area contributed by atoms with Gasteiger partial charge < -0.3 is 10.7 Å². The number of halogens is 2. The highest BCUT2D eigenvalue weighted by Gasteiger charge is 2.13. The Morgan fingerprint density at radius 2 is 2.05 bits per heavy atom. The number of rotatable bonds is 2. The van der Waals surface area contributed by atoms with Crippen LogP contribution in [0.4, 0.5) is 10.2 Å². The first-order valence-electron chi connectivity index (χ1n) is 5.74. The maximum absolute atomic E-state index is 13.3. The molecule has 1 aromatic heterocycles. The molecular formula is C13H13BrFN3O. The Morgan fingerprint density at radius 1 is 1.37 bits per heavy atom. The van der Waals surface area contributed by atoms with Gasteiger partial charge in [0.2, 0.25) is 0 Å². The normalized spacial score (nSPS) is 11.0. The van der Waals surface area contributed by atoms with Gasteiger partial charge >= 0.3 is 0 Å². The van der Waals surface area contributed by atoms with Gasteiger partial charge in [-0.15, -0.1) is 0 Å². The first-order chi connectivity index (χ1) is 8.88. The lowest BCUT2D eigenvalue weighted by atomic mass is 10.1. The molecule has 0 aliphatic heterocycles. The molecule has 0 saturated carbocycles. The Hall–Kier alpha value is -1.69. The van der Waals surface area contributed by atoms with Gasteiger partial charge in [-0.1, -0.05) is 29.8 Å². The zero-order chi connectivity index (χ0) is 14.2. The van der Waals surface area contributed by atoms with Crippen molar-refractivity contribution in [3.8, 4) is 11.4 Å². The molecule has 0 saturated heterocycles. The monoisotopic (exact) mass is 325 g/mol. The number of nitrogens with zero attached hydrogens (tertiary/aromatic N) is 1. The summed E-state index contributed by atoms with van der Waals surface area (Å²) in [6.07, 6.45) is 0. The first kappa shape index (κ1) is 13.7. The van der Waals surface area contributed by atoms with Gasteiger partial charge in [-0.05, 0) is 24.1 Å². The quantitative estimate of drug-likeness (QED) is 0.891. The molecular weight excluding hydrogens is 313 g/mol. The Balaban J connectivity index is 2.62. The molecule has 1 heterocycles. The van der Waals surface area contributed by atoms with Crippen LogP contribution in [0.25, 0.3) is 11.4 Å². The molecule has 100 valence electrons. The standard InChI is InChI=1S/C13H13BrFN3O/c1-6(2)10-11(16)17-12(18-13(10)19)7-3-8(14)5-9(15)4-7/h3-6H,1-2H3,(H3,16,17,18,19). The molecule has 0 spiro atoms. The molecule has 1 aromatic carbocycles. The van der Waals surface area contributed by atoms with Crippen molar-refractivity contribution in [2.24, 2.45) is 0 Å². The molecule has 0 unspecified atom stereocenters. The minimum absolute atomic E-state index is 0.0236. The third-order valence-electron chi connectivity index (χ3n) is 2.70. The number of anilines is 1. The van der Waals surface area contributed by atoms with Crippen molar-refractivity contribution in [2.75, 3.05) is 5.73 Å². The molecule has 2 aromatic rings. The second-order valence-corrected chi connectivity index (χ2v) is 5.44. The smallest absolute Gasteiger partial charge is 0.256 e. The van der Waals surface area contributed by atoms with Gasteiger partial charge in [0.1, 0.15) is 17.5 Å². The van der Waals surface area contributed by atoms with Gasteiger partial charge in [0, 0.05) is 10.0 Å². The number of H-pyrrole nitrogens is 1. The van der Waals surface area contributed by atoms with Crippen LogP contribution < -0.4 is 11.3 Å². The lowest BCUT2D eigenvalue weighted by Gasteiger charge is -2.09. The maximum atomic E-state index is 13.3. The van der Waals surface area contributed by atoms with Crippen LogP contribution in [0.3, 0.4) is 0 Å². The van der Waals surface area contributed by atoms with E-state index >= 15 is 0 Å². The highest BCUT2D eigenvalue weighted by Crippen LogP contribution is 2.23. The Labute approximate surface area is 118 Å². The summed E-state index contributed by atoms with van der Waals surface area (Å²) >= 11 is 3.19. The highest BCUT2D eigenvalue weighted by atomic mass is 79.9. The number of nitrogen functional groups attached to an aromatic ring is 1. The number of hydrogen-bond donors (Lipinski definition) is 2. The van der Waals surface area contributed by atoms with E-state index in [4.69, 9.17) is 5.73 Å². The van der Waals surface area contributed by atoms with Gasteiger partial charge in [-0.25, -0.2) is 9.37 Å². The van der Waals surface area contributed by atoms with E-state index in [0.717, 1.165) is 0 Å². The van der Waals surface area contributed by atoms with E-state index in [0.29, 0.717) is 15.6 Å². The molecule has 3 N–H and O–H groups in total. The summed E-state index contributed by atoms with van der Waals surface area (Å²) in [7, 11) is 0. The van der Waals surface area contributed by atoms with Crippen LogP contribution in [-0.2, 0) is 0 Å². The largest absolute Gasteiger partial charge is 0.383 e. The summed E-state index contributed by atoms with van der Waals surface area (Å²) in [5.41, 5.74) is 6.41. The topological polar surface area (TPSA) is 71.8 Å². The molecule has 0 aliphatic carbocycles. The zero-order valence-electron chi connectivity index (χ0n) is 10.5. The Morgan fingerprint density at radius 3 is 2.58 bits per heavy atom. The van der Waals surface area contributed by atoms with Crippen molar-refractivity contribution >= 4 is 21.7 Å². The minimum atomic E-state index is -0.418. The summed E-state index contributed by atoms with van der Waals surface area (Å²) in [6, 6.07) is 4.28. The van der Waals surface area contributed by atoms with E-state index in [1.165, 1.54) is 12.1 Å². The maximum Gasteiger partial charge on any atom is 0.256 e. The lowest BCUT2D eigenvalue weighted by Crippen LogP contribution is -2.19. The second-order valence-electron chi connectivity index (χ2n) is 4.53. The fourth-order valence-corrected chi connectivity index (χ4v) is 2.35. The summed E-state index contributed by atoms with van der Waals surface area (Å²) in [5, 5.41) is 0. The molecule has 19 heavy (non-hydrogen) atoms. The molecule has 0 fully saturated rings. The van der Waals surface area contributed by atoms with Gasteiger partial charge in [0.15, 0.2) is 0 Å². The average Bonchev–Trinajstić information content (AvgIpc) is 2.25. The predicted molar refractivity (Wildman–Crippen MR) is 76.5 cm³/mol. The molecule has 4 nitrogen and oxygen atoms in total. The molecule has 0 atom stereocenters. The van der Waals surface area contributed by atoms with Crippen molar-refractivity contribution in [1.29, 1.82) is 0 Å². The predicted octanol–water partition coefficient (Wildman–Crippen LogP) is 3.04. The van der Waals surface area contributed by atoms with Crippen LogP contribution in [-0.4, -0.2) is 9.97 Å². The second kappa shape index (κ2) is 5.13. The molecule has 0 bridgehead atoms. The number of aromatic amines is 1. The SMILES string of the molecule is CC(C)c1c(N)nc(-c2cc(F)cc(Br)c2)[nH]c1=O. The van der Waals surface area contributed by atoms with E-state index in [1.54, 1.807) is 6.07 Å². The van der Waals surface area contributed by atoms with E-state index in [2.05, 4.69) is 25.9 Å². The third-order valence-corrected chi connectivity index (χ3v) is 3.16. The van der Waals surface area contributed by atoms with E-state index < -0.39 is 5.82 Å². The summed E-state index contributed by atoms with van der Waals surface area (Å²) in [5.74, 6) is -0.00990. The number of nitrogens with two attached hydrogens (primary N) is 1. The van der Waals surface area contributed by atoms with Crippen molar-refractivity contribution in [3.05, 3.63) is 44.4 Å². The number of nitrogens with one attached hydrogen (secondary N) is 1. The summed E-state index contributed by atoms with van der Waals surface area (Å²) < 4.78 is 13.9. The molecule has 0 aliphatic rings.